The Morgan fingerprint density at radius 3 is 3.00 bits per heavy atom. The summed E-state index contributed by atoms with van der Waals surface area (Å²) in [5.41, 5.74) is 0. The SMILES string of the molecule is C#CCNc1nc(N2CCOCC2)ncc1F. The van der Waals surface area contributed by atoms with Gasteiger partial charge in [-0.15, -0.1) is 6.42 Å². The highest BCUT2D eigenvalue weighted by molar-refractivity contribution is 5.43. The van der Waals surface area contributed by atoms with E-state index in [1.165, 1.54) is 0 Å². The normalized spacial score (nSPS) is 15.4. The molecule has 5 nitrogen and oxygen atoms in total. The molecule has 0 radical (unpaired) electrons. The summed E-state index contributed by atoms with van der Waals surface area (Å²) in [5, 5.41) is 2.72. The van der Waals surface area contributed by atoms with Crippen LogP contribution in [-0.2, 0) is 4.74 Å². The van der Waals surface area contributed by atoms with Gasteiger partial charge in [0.25, 0.3) is 0 Å². The molecule has 1 aliphatic heterocycles. The van der Waals surface area contributed by atoms with Crippen molar-refractivity contribution in [3.8, 4) is 12.3 Å². The summed E-state index contributed by atoms with van der Waals surface area (Å²) in [5.74, 6) is 2.50. The van der Waals surface area contributed by atoms with Crippen molar-refractivity contribution in [2.75, 3.05) is 43.1 Å². The molecular formula is C11H13FN4O. The molecule has 17 heavy (non-hydrogen) atoms. The van der Waals surface area contributed by atoms with Crippen LogP contribution in [0.1, 0.15) is 0 Å². The maximum Gasteiger partial charge on any atom is 0.227 e. The lowest BCUT2D eigenvalue weighted by Crippen LogP contribution is -2.37. The van der Waals surface area contributed by atoms with Gasteiger partial charge in [0.1, 0.15) is 0 Å². The van der Waals surface area contributed by atoms with Crippen molar-refractivity contribution in [1.29, 1.82) is 0 Å². The fraction of sp³-hybridized carbons (Fsp3) is 0.455. The van der Waals surface area contributed by atoms with Crippen LogP contribution < -0.4 is 10.2 Å². The molecule has 6 heteroatoms. The van der Waals surface area contributed by atoms with Gasteiger partial charge in [-0.2, -0.15) is 4.98 Å². The second kappa shape index (κ2) is 5.46. The van der Waals surface area contributed by atoms with Crippen LogP contribution in [0.5, 0.6) is 0 Å². The van der Waals surface area contributed by atoms with E-state index in [1.54, 1.807) is 0 Å². The van der Waals surface area contributed by atoms with Gasteiger partial charge in [0.05, 0.1) is 26.0 Å². The number of rotatable bonds is 3. The van der Waals surface area contributed by atoms with Gasteiger partial charge in [0, 0.05) is 13.1 Å². The van der Waals surface area contributed by atoms with E-state index in [4.69, 9.17) is 11.2 Å². The maximum absolute atomic E-state index is 13.4. The zero-order valence-corrected chi connectivity index (χ0v) is 9.32. The van der Waals surface area contributed by atoms with E-state index in [-0.39, 0.29) is 12.4 Å². The molecule has 1 aliphatic rings. The monoisotopic (exact) mass is 236 g/mol. The minimum absolute atomic E-state index is 0.138. The van der Waals surface area contributed by atoms with Crippen LogP contribution >= 0.6 is 0 Å². The Kier molecular flexibility index (Phi) is 3.73. The van der Waals surface area contributed by atoms with Gasteiger partial charge < -0.3 is 15.0 Å². The van der Waals surface area contributed by atoms with Crippen molar-refractivity contribution in [2.24, 2.45) is 0 Å². The van der Waals surface area contributed by atoms with E-state index >= 15 is 0 Å². The van der Waals surface area contributed by atoms with Crippen LogP contribution in [0.3, 0.4) is 0 Å². The van der Waals surface area contributed by atoms with Crippen molar-refractivity contribution >= 4 is 11.8 Å². The fourth-order valence-corrected chi connectivity index (χ4v) is 1.53. The summed E-state index contributed by atoms with van der Waals surface area (Å²) in [6, 6.07) is 0. The van der Waals surface area contributed by atoms with Crippen molar-refractivity contribution in [3.05, 3.63) is 12.0 Å². The number of aromatic nitrogens is 2. The van der Waals surface area contributed by atoms with Gasteiger partial charge in [0.15, 0.2) is 11.6 Å². The van der Waals surface area contributed by atoms with Crippen LogP contribution in [-0.4, -0.2) is 42.8 Å². The summed E-state index contributed by atoms with van der Waals surface area (Å²) in [6.07, 6.45) is 6.25. The van der Waals surface area contributed by atoms with Gasteiger partial charge in [-0.05, 0) is 0 Å². The van der Waals surface area contributed by atoms with Crippen molar-refractivity contribution < 1.29 is 9.13 Å². The minimum Gasteiger partial charge on any atom is -0.378 e. The molecule has 0 amide bonds. The van der Waals surface area contributed by atoms with Gasteiger partial charge in [-0.1, -0.05) is 5.92 Å². The lowest BCUT2D eigenvalue weighted by Gasteiger charge is -2.26. The predicted octanol–water partition coefficient (Wildman–Crippen LogP) is 0.497. The highest BCUT2D eigenvalue weighted by atomic mass is 19.1. The zero-order valence-electron chi connectivity index (χ0n) is 9.32. The summed E-state index contributed by atoms with van der Waals surface area (Å²) >= 11 is 0. The molecule has 0 aliphatic carbocycles. The number of nitrogens with zero attached hydrogens (tertiary/aromatic N) is 3. The summed E-state index contributed by atoms with van der Waals surface area (Å²) in [6.45, 7) is 2.92. The lowest BCUT2D eigenvalue weighted by atomic mass is 10.4. The smallest absolute Gasteiger partial charge is 0.227 e. The van der Waals surface area contributed by atoms with Gasteiger partial charge >= 0.3 is 0 Å². The van der Waals surface area contributed by atoms with Gasteiger partial charge in [-0.25, -0.2) is 9.37 Å². The van der Waals surface area contributed by atoms with E-state index < -0.39 is 5.82 Å². The first kappa shape index (κ1) is 11.6. The average molecular weight is 236 g/mol. The number of hydrogen-bond acceptors (Lipinski definition) is 5. The Morgan fingerprint density at radius 1 is 1.53 bits per heavy atom. The van der Waals surface area contributed by atoms with Crippen LogP contribution in [0.15, 0.2) is 6.20 Å². The number of halogens is 1. The number of anilines is 2. The second-order valence-corrected chi connectivity index (χ2v) is 3.52. The molecule has 1 aromatic rings. The molecule has 0 bridgehead atoms. The van der Waals surface area contributed by atoms with Crippen LogP contribution in [0.25, 0.3) is 0 Å². The van der Waals surface area contributed by atoms with Crippen molar-refractivity contribution in [3.63, 3.8) is 0 Å². The van der Waals surface area contributed by atoms with E-state index in [0.29, 0.717) is 32.3 Å². The van der Waals surface area contributed by atoms with E-state index in [0.717, 1.165) is 6.20 Å². The molecule has 0 saturated carbocycles. The third kappa shape index (κ3) is 2.82. The molecular weight excluding hydrogens is 223 g/mol. The molecule has 1 N–H and O–H groups in total. The first-order valence-electron chi connectivity index (χ1n) is 5.34. The van der Waals surface area contributed by atoms with Gasteiger partial charge in [-0.3, -0.25) is 0 Å². The standard InChI is InChI=1S/C11H13FN4O/c1-2-3-13-10-9(12)8-14-11(15-10)16-4-6-17-7-5-16/h1,8H,3-7H2,(H,13,14,15). The van der Waals surface area contributed by atoms with E-state index in [2.05, 4.69) is 21.2 Å². The third-order valence-electron chi connectivity index (χ3n) is 2.38. The van der Waals surface area contributed by atoms with Crippen LogP contribution in [0, 0.1) is 18.2 Å². The molecule has 2 heterocycles. The maximum atomic E-state index is 13.4. The Labute approximate surface area is 99.0 Å². The minimum atomic E-state index is -0.503. The number of terminal acetylenes is 1. The topological polar surface area (TPSA) is 50.3 Å². The molecule has 0 aromatic carbocycles. The number of morpholine rings is 1. The first-order valence-corrected chi connectivity index (χ1v) is 5.34. The average Bonchev–Trinajstić information content (AvgIpc) is 2.39. The number of hydrogen-bond donors (Lipinski definition) is 1. The number of nitrogens with one attached hydrogen (secondary N) is 1. The Hall–Kier alpha value is -1.87. The molecule has 0 unspecified atom stereocenters. The molecule has 1 aromatic heterocycles. The summed E-state index contributed by atoms with van der Waals surface area (Å²) in [4.78, 5) is 10.0. The summed E-state index contributed by atoms with van der Waals surface area (Å²) in [7, 11) is 0. The quantitative estimate of drug-likeness (QED) is 0.774. The Balaban J connectivity index is 2.14. The van der Waals surface area contributed by atoms with Crippen molar-refractivity contribution in [2.45, 2.75) is 0 Å². The van der Waals surface area contributed by atoms with Crippen LogP contribution in [0.4, 0.5) is 16.2 Å². The van der Waals surface area contributed by atoms with E-state index in [9.17, 15) is 4.39 Å². The first-order chi connectivity index (χ1) is 8.31. The molecule has 2 rings (SSSR count). The summed E-state index contributed by atoms with van der Waals surface area (Å²) < 4.78 is 18.6. The van der Waals surface area contributed by atoms with Crippen LogP contribution in [0.2, 0.25) is 0 Å². The second-order valence-electron chi connectivity index (χ2n) is 3.52. The number of ether oxygens (including phenoxy) is 1. The fourth-order valence-electron chi connectivity index (χ4n) is 1.53. The Bertz CT molecular complexity index is 426. The highest BCUT2D eigenvalue weighted by Gasteiger charge is 2.15. The predicted molar refractivity (Wildman–Crippen MR) is 62.3 cm³/mol. The molecule has 90 valence electrons. The van der Waals surface area contributed by atoms with Crippen molar-refractivity contribution in [1.82, 2.24) is 9.97 Å². The molecule has 0 atom stereocenters. The Morgan fingerprint density at radius 2 is 2.29 bits per heavy atom. The zero-order chi connectivity index (χ0) is 12.1. The third-order valence-corrected chi connectivity index (χ3v) is 2.38. The highest BCUT2D eigenvalue weighted by Crippen LogP contribution is 2.15. The molecule has 0 spiro atoms. The molecule has 1 fully saturated rings. The lowest BCUT2D eigenvalue weighted by molar-refractivity contribution is 0.122. The van der Waals surface area contributed by atoms with E-state index in [1.807, 2.05) is 4.90 Å². The largest absolute Gasteiger partial charge is 0.378 e. The van der Waals surface area contributed by atoms with Gasteiger partial charge in [0.2, 0.25) is 5.95 Å². The molecule has 1 saturated heterocycles.